The minimum absolute atomic E-state index is 0.446. The Morgan fingerprint density at radius 3 is 2.72 bits per heavy atom. The molecule has 0 saturated heterocycles. The van der Waals surface area contributed by atoms with E-state index in [0.29, 0.717) is 13.2 Å². The maximum atomic E-state index is 5.67. The van der Waals surface area contributed by atoms with Gasteiger partial charge in [-0.3, -0.25) is 4.98 Å². The Morgan fingerprint density at radius 1 is 1.11 bits per heavy atom. The molecular formula is C15H18N2O. The van der Waals surface area contributed by atoms with Crippen LogP contribution in [0.1, 0.15) is 17.7 Å². The fourth-order valence-corrected chi connectivity index (χ4v) is 1.77. The highest BCUT2D eigenvalue weighted by Crippen LogP contribution is 2.11. The van der Waals surface area contributed by atoms with E-state index in [1.165, 1.54) is 5.56 Å². The molecule has 0 fully saturated rings. The van der Waals surface area contributed by atoms with Crippen LogP contribution >= 0.6 is 0 Å². The molecule has 2 N–H and O–H groups in total. The van der Waals surface area contributed by atoms with Gasteiger partial charge >= 0.3 is 0 Å². The Bertz CT molecular complexity index is 471. The molecule has 1 heterocycles. The quantitative estimate of drug-likeness (QED) is 0.792. The van der Waals surface area contributed by atoms with Crippen LogP contribution in [0.3, 0.4) is 0 Å². The number of aryl methyl sites for hydroxylation is 1. The zero-order valence-electron chi connectivity index (χ0n) is 10.4. The molecule has 0 aliphatic carbocycles. The number of benzene rings is 1. The van der Waals surface area contributed by atoms with Crippen molar-refractivity contribution in [3.63, 3.8) is 0 Å². The van der Waals surface area contributed by atoms with Crippen LogP contribution in [0.5, 0.6) is 5.75 Å². The summed E-state index contributed by atoms with van der Waals surface area (Å²) in [4.78, 5) is 4.13. The van der Waals surface area contributed by atoms with Gasteiger partial charge in [0.25, 0.3) is 0 Å². The van der Waals surface area contributed by atoms with Crippen LogP contribution in [0.4, 0.5) is 0 Å². The molecule has 3 heteroatoms. The maximum Gasteiger partial charge on any atom is 0.122 e. The lowest BCUT2D eigenvalue weighted by Crippen LogP contribution is -2.02. The Labute approximate surface area is 108 Å². The van der Waals surface area contributed by atoms with Gasteiger partial charge in [0.15, 0.2) is 0 Å². The Morgan fingerprint density at radius 2 is 1.94 bits per heavy atom. The van der Waals surface area contributed by atoms with Gasteiger partial charge in [0, 0.05) is 18.8 Å². The molecule has 18 heavy (non-hydrogen) atoms. The first kappa shape index (κ1) is 12.6. The normalized spacial score (nSPS) is 10.3. The van der Waals surface area contributed by atoms with Gasteiger partial charge in [0.05, 0.1) is 12.3 Å². The maximum absolute atomic E-state index is 5.67. The second-order valence-electron chi connectivity index (χ2n) is 4.12. The van der Waals surface area contributed by atoms with Gasteiger partial charge in [-0.15, -0.1) is 0 Å². The van der Waals surface area contributed by atoms with Crippen molar-refractivity contribution in [1.29, 1.82) is 0 Å². The van der Waals surface area contributed by atoms with Crippen LogP contribution in [0, 0.1) is 0 Å². The summed E-state index contributed by atoms with van der Waals surface area (Å²) in [5.74, 6) is 0.846. The van der Waals surface area contributed by atoms with Gasteiger partial charge < -0.3 is 10.5 Å². The molecule has 2 aromatic rings. The fourth-order valence-electron chi connectivity index (χ4n) is 1.77. The largest absolute Gasteiger partial charge is 0.493 e. The summed E-state index contributed by atoms with van der Waals surface area (Å²) in [5, 5.41) is 0. The molecule has 0 spiro atoms. The molecule has 0 aliphatic heterocycles. The predicted octanol–water partition coefficient (Wildman–Crippen LogP) is 2.55. The van der Waals surface area contributed by atoms with Crippen molar-refractivity contribution in [2.75, 3.05) is 6.61 Å². The van der Waals surface area contributed by atoms with Crippen LogP contribution < -0.4 is 10.5 Å². The highest BCUT2D eigenvalue weighted by Gasteiger charge is 1.97. The summed E-state index contributed by atoms with van der Waals surface area (Å²) < 4.78 is 5.67. The fraction of sp³-hybridized carbons (Fsp3) is 0.267. The molecule has 0 atom stereocenters. The molecule has 2 rings (SSSR count). The third-order valence-corrected chi connectivity index (χ3v) is 2.72. The van der Waals surface area contributed by atoms with E-state index in [1.54, 1.807) is 6.20 Å². The number of ether oxygens (including phenoxy) is 1. The predicted molar refractivity (Wildman–Crippen MR) is 72.4 cm³/mol. The zero-order chi connectivity index (χ0) is 12.6. The smallest absolute Gasteiger partial charge is 0.122 e. The lowest BCUT2D eigenvalue weighted by Gasteiger charge is -2.07. The van der Waals surface area contributed by atoms with E-state index in [4.69, 9.17) is 10.5 Å². The summed E-state index contributed by atoms with van der Waals surface area (Å²) in [5.41, 5.74) is 7.73. The minimum atomic E-state index is 0.446. The van der Waals surface area contributed by atoms with Gasteiger partial charge in [-0.05, 0) is 24.5 Å². The number of nitrogens with two attached hydrogens (primary N) is 1. The SMILES string of the molecule is NCc1cc(OCCCc2ccccc2)ccn1. The van der Waals surface area contributed by atoms with Crippen molar-refractivity contribution in [3.8, 4) is 5.75 Å². The van der Waals surface area contributed by atoms with E-state index in [-0.39, 0.29) is 0 Å². The lowest BCUT2D eigenvalue weighted by molar-refractivity contribution is 0.310. The summed E-state index contributed by atoms with van der Waals surface area (Å²) in [6.07, 6.45) is 3.77. The Kier molecular flexibility index (Phi) is 4.73. The zero-order valence-corrected chi connectivity index (χ0v) is 10.4. The van der Waals surface area contributed by atoms with E-state index in [1.807, 2.05) is 18.2 Å². The molecule has 0 amide bonds. The van der Waals surface area contributed by atoms with E-state index >= 15 is 0 Å². The van der Waals surface area contributed by atoms with Crippen molar-refractivity contribution in [1.82, 2.24) is 4.98 Å². The third-order valence-electron chi connectivity index (χ3n) is 2.72. The first-order valence-corrected chi connectivity index (χ1v) is 6.20. The molecule has 3 nitrogen and oxygen atoms in total. The number of rotatable bonds is 6. The summed E-state index contributed by atoms with van der Waals surface area (Å²) >= 11 is 0. The number of nitrogens with zero attached hydrogens (tertiary/aromatic N) is 1. The van der Waals surface area contributed by atoms with Crippen LogP contribution in [0.2, 0.25) is 0 Å². The van der Waals surface area contributed by atoms with E-state index in [0.717, 1.165) is 24.3 Å². The highest BCUT2D eigenvalue weighted by molar-refractivity contribution is 5.22. The molecular weight excluding hydrogens is 224 g/mol. The topological polar surface area (TPSA) is 48.1 Å². The average molecular weight is 242 g/mol. The van der Waals surface area contributed by atoms with Gasteiger partial charge in [-0.2, -0.15) is 0 Å². The summed E-state index contributed by atoms with van der Waals surface area (Å²) in [6, 6.07) is 14.2. The molecule has 1 aromatic heterocycles. The highest BCUT2D eigenvalue weighted by atomic mass is 16.5. The van der Waals surface area contributed by atoms with Crippen LogP contribution in [-0.4, -0.2) is 11.6 Å². The molecule has 94 valence electrons. The van der Waals surface area contributed by atoms with E-state index in [2.05, 4.69) is 29.2 Å². The summed E-state index contributed by atoms with van der Waals surface area (Å²) in [6.45, 7) is 1.16. The number of hydrogen-bond acceptors (Lipinski definition) is 3. The Balaban J connectivity index is 1.75. The third kappa shape index (κ3) is 3.86. The van der Waals surface area contributed by atoms with Gasteiger partial charge in [0.2, 0.25) is 0 Å². The van der Waals surface area contributed by atoms with Crippen molar-refractivity contribution in [3.05, 3.63) is 59.9 Å². The molecule has 0 radical (unpaired) electrons. The van der Waals surface area contributed by atoms with Crippen molar-refractivity contribution < 1.29 is 4.74 Å². The van der Waals surface area contributed by atoms with E-state index in [9.17, 15) is 0 Å². The number of pyridine rings is 1. The average Bonchev–Trinajstić information content (AvgIpc) is 2.45. The van der Waals surface area contributed by atoms with Gasteiger partial charge in [-0.1, -0.05) is 30.3 Å². The minimum Gasteiger partial charge on any atom is -0.493 e. The first-order chi connectivity index (χ1) is 8.88. The second-order valence-corrected chi connectivity index (χ2v) is 4.12. The molecule has 0 aliphatic rings. The number of aromatic nitrogens is 1. The number of hydrogen-bond donors (Lipinski definition) is 1. The van der Waals surface area contributed by atoms with Crippen molar-refractivity contribution in [2.24, 2.45) is 5.73 Å². The molecule has 1 aromatic carbocycles. The van der Waals surface area contributed by atoms with Gasteiger partial charge in [-0.25, -0.2) is 0 Å². The van der Waals surface area contributed by atoms with Gasteiger partial charge in [0.1, 0.15) is 5.75 Å². The summed E-state index contributed by atoms with van der Waals surface area (Å²) in [7, 11) is 0. The monoisotopic (exact) mass is 242 g/mol. The first-order valence-electron chi connectivity index (χ1n) is 6.20. The molecule has 0 saturated carbocycles. The van der Waals surface area contributed by atoms with E-state index < -0.39 is 0 Å². The van der Waals surface area contributed by atoms with Crippen LogP contribution in [-0.2, 0) is 13.0 Å². The molecule has 0 unspecified atom stereocenters. The lowest BCUT2D eigenvalue weighted by atomic mass is 10.1. The van der Waals surface area contributed by atoms with Crippen LogP contribution in [0.25, 0.3) is 0 Å². The standard InChI is InChI=1S/C15H18N2O/c16-12-14-11-15(8-9-17-14)18-10-4-7-13-5-2-1-3-6-13/h1-3,5-6,8-9,11H,4,7,10,12,16H2. The van der Waals surface area contributed by atoms with Crippen LogP contribution in [0.15, 0.2) is 48.7 Å². The van der Waals surface area contributed by atoms with Crippen molar-refractivity contribution >= 4 is 0 Å². The second kappa shape index (κ2) is 6.77. The molecule has 0 bridgehead atoms. The Hall–Kier alpha value is -1.87. The van der Waals surface area contributed by atoms with Crippen molar-refractivity contribution in [2.45, 2.75) is 19.4 Å².